The number of aromatic amines is 1. The van der Waals surface area contributed by atoms with Crippen LogP contribution in [-0.2, 0) is 9.92 Å². The van der Waals surface area contributed by atoms with Gasteiger partial charge in [-0.2, -0.15) is 0 Å². The number of nitrogens with one attached hydrogen (secondary N) is 3. The van der Waals surface area contributed by atoms with Crippen LogP contribution >= 0.6 is 0 Å². The van der Waals surface area contributed by atoms with E-state index in [1.165, 1.54) is 24.6 Å². The van der Waals surface area contributed by atoms with Crippen LogP contribution in [0.1, 0.15) is 0 Å². The Morgan fingerprint density at radius 3 is 2.67 bits per heavy atom. The van der Waals surface area contributed by atoms with Crippen molar-refractivity contribution in [1.29, 1.82) is 4.78 Å². The minimum absolute atomic E-state index is 0.229. The first-order valence-corrected chi connectivity index (χ1v) is 5.14. The van der Waals surface area contributed by atoms with Crippen LogP contribution in [-0.4, -0.2) is 15.4 Å². The van der Waals surface area contributed by atoms with Gasteiger partial charge in [-0.3, -0.25) is 9.52 Å². The zero-order chi connectivity index (χ0) is 9.19. The molecule has 0 aromatic carbocycles. The normalized spacial score (nSPS) is 15.1. The van der Waals surface area contributed by atoms with Gasteiger partial charge in [0.25, 0.3) is 0 Å². The summed E-state index contributed by atoms with van der Waals surface area (Å²) in [5.41, 5.74) is 0.241. The number of aromatic nitrogens is 1. The molecule has 0 aliphatic heterocycles. The summed E-state index contributed by atoms with van der Waals surface area (Å²) in [4.78, 5) is 13.0. The van der Waals surface area contributed by atoms with E-state index in [0.29, 0.717) is 5.69 Å². The molecule has 0 saturated heterocycles. The zero-order valence-electron chi connectivity index (χ0n) is 6.46. The van der Waals surface area contributed by atoms with Gasteiger partial charge in [0.15, 0.2) is 0 Å². The van der Waals surface area contributed by atoms with Gasteiger partial charge in [-0.15, -0.1) is 0 Å². The van der Waals surface area contributed by atoms with Gasteiger partial charge in [-0.1, -0.05) is 0 Å². The Kier molecular flexibility index (Phi) is 2.18. The number of anilines is 1. The molecule has 0 aliphatic carbocycles. The highest BCUT2D eigenvalue weighted by molar-refractivity contribution is 7.93. The molecule has 66 valence electrons. The largest absolute Gasteiger partial charge is 0.327 e. The third-order valence-corrected chi connectivity index (χ3v) is 1.72. The summed E-state index contributed by atoms with van der Waals surface area (Å²) in [6.07, 6.45) is 2.64. The SMILES string of the molecule is CS(=N)(=O)Nc1ccc(=O)[nH]c1. The minimum Gasteiger partial charge on any atom is -0.327 e. The quantitative estimate of drug-likeness (QED) is 0.625. The maximum Gasteiger partial charge on any atom is 0.248 e. The Labute approximate surface area is 69.9 Å². The monoisotopic (exact) mass is 187 g/mol. The maximum atomic E-state index is 10.9. The first kappa shape index (κ1) is 8.79. The Bertz CT molecular complexity index is 400. The molecule has 0 amide bonds. The standard InChI is InChI=1S/C6H9N3O2S/c1-12(7,11)9-5-2-3-6(10)8-4-5/h2-4H,1H3,(H,8,10)(H2,7,9,11). The second-order valence-electron chi connectivity index (χ2n) is 2.39. The lowest BCUT2D eigenvalue weighted by Crippen LogP contribution is -2.10. The van der Waals surface area contributed by atoms with Crippen molar-refractivity contribution >= 4 is 15.6 Å². The van der Waals surface area contributed by atoms with Crippen molar-refractivity contribution in [3.05, 3.63) is 28.7 Å². The molecule has 1 heterocycles. The van der Waals surface area contributed by atoms with E-state index in [4.69, 9.17) is 4.78 Å². The molecule has 0 saturated carbocycles. The van der Waals surface area contributed by atoms with E-state index in [9.17, 15) is 9.00 Å². The van der Waals surface area contributed by atoms with Crippen molar-refractivity contribution in [1.82, 2.24) is 4.98 Å². The fourth-order valence-electron chi connectivity index (χ4n) is 0.699. The molecular formula is C6H9N3O2S. The van der Waals surface area contributed by atoms with Gasteiger partial charge in [0.05, 0.1) is 5.69 Å². The summed E-state index contributed by atoms with van der Waals surface area (Å²) < 4.78 is 20.4. The zero-order valence-corrected chi connectivity index (χ0v) is 7.27. The van der Waals surface area contributed by atoms with Crippen molar-refractivity contribution in [2.24, 2.45) is 0 Å². The predicted octanol–water partition coefficient (Wildman–Crippen LogP) is 0.378. The Morgan fingerprint density at radius 1 is 1.58 bits per heavy atom. The molecule has 6 heteroatoms. The van der Waals surface area contributed by atoms with Crippen LogP contribution in [0.15, 0.2) is 23.1 Å². The topological polar surface area (TPSA) is 85.8 Å². The molecule has 3 N–H and O–H groups in total. The van der Waals surface area contributed by atoms with Crippen molar-refractivity contribution < 1.29 is 4.21 Å². The lowest BCUT2D eigenvalue weighted by Gasteiger charge is -2.03. The van der Waals surface area contributed by atoms with Gasteiger partial charge >= 0.3 is 0 Å². The van der Waals surface area contributed by atoms with E-state index in [2.05, 4.69) is 9.71 Å². The van der Waals surface area contributed by atoms with E-state index < -0.39 is 9.92 Å². The number of H-pyrrole nitrogens is 1. The van der Waals surface area contributed by atoms with E-state index in [1.807, 2.05) is 0 Å². The fraction of sp³-hybridized carbons (Fsp3) is 0.167. The highest BCUT2D eigenvalue weighted by Gasteiger charge is 1.96. The second-order valence-corrected chi connectivity index (χ2v) is 4.28. The molecule has 0 fully saturated rings. The molecule has 12 heavy (non-hydrogen) atoms. The number of hydrogen-bond acceptors (Lipinski definition) is 3. The van der Waals surface area contributed by atoms with Gasteiger partial charge in [0.2, 0.25) is 5.56 Å². The lowest BCUT2D eigenvalue weighted by atomic mass is 10.4. The average molecular weight is 187 g/mol. The molecule has 0 radical (unpaired) electrons. The summed E-state index contributed by atoms with van der Waals surface area (Å²) in [7, 11) is -2.76. The van der Waals surface area contributed by atoms with E-state index in [-0.39, 0.29) is 5.56 Å². The molecule has 1 rings (SSSR count). The van der Waals surface area contributed by atoms with Gasteiger partial charge in [0, 0.05) is 18.5 Å². The van der Waals surface area contributed by atoms with E-state index >= 15 is 0 Å². The summed E-state index contributed by atoms with van der Waals surface area (Å²) in [6.45, 7) is 0. The minimum atomic E-state index is -2.76. The van der Waals surface area contributed by atoms with Crippen molar-refractivity contribution in [3.8, 4) is 0 Å². The first-order chi connectivity index (χ1) is 5.47. The number of pyridine rings is 1. The average Bonchev–Trinajstić information content (AvgIpc) is 1.91. The van der Waals surface area contributed by atoms with E-state index in [1.54, 1.807) is 0 Å². The summed E-state index contributed by atoms with van der Waals surface area (Å²) in [5, 5.41) is 0. The van der Waals surface area contributed by atoms with Crippen LogP contribution < -0.4 is 10.3 Å². The molecule has 1 atom stereocenters. The number of rotatable bonds is 2. The highest BCUT2D eigenvalue weighted by atomic mass is 32.2. The van der Waals surface area contributed by atoms with Gasteiger partial charge in [-0.05, 0) is 6.07 Å². The highest BCUT2D eigenvalue weighted by Crippen LogP contribution is 2.02. The van der Waals surface area contributed by atoms with Crippen LogP contribution in [0, 0.1) is 4.78 Å². The predicted molar refractivity (Wildman–Crippen MR) is 47.5 cm³/mol. The van der Waals surface area contributed by atoms with E-state index in [0.717, 1.165) is 0 Å². The molecule has 5 nitrogen and oxygen atoms in total. The smallest absolute Gasteiger partial charge is 0.248 e. The Balaban J connectivity index is 2.93. The van der Waals surface area contributed by atoms with Crippen molar-refractivity contribution in [3.63, 3.8) is 0 Å². The Hall–Kier alpha value is -1.30. The molecule has 0 spiro atoms. The molecule has 1 aromatic rings. The molecular weight excluding hydrogens is 178 g/mol. The van der Waals surface area contributed by atoms with Crippen LogP contribution in [0.4, 0.5) is 5.69 Å². The summed E-state index contributed by atoms with van der Waals surface area (Å²) >= 11 is 0. The van der Waals surface area contributed by atoms with Gasteiger partial charge in [-0.25, -0.2) is 8.99 Å². The van der Waals surface area contributed by atoms with Crippen LogP contribution in [0.2, 0.25) is 0 Å². The van der Waals surface area contributed by atoms with Crippen LogP contribution in [0.25, 0.3) is 0 Å². The van der Waals surface area contributed by atoms with Gasteiger partial charge < -0.3 is 4.98 Å². The molecule has 1 aromatic heterocycles. The Morgan fingerprint density at radius 2 is 2.25 bits per heavy atom. The first-order valence-electron chi connectivity index (χ1n) is 3.18. The second kappa shape index (κ2) is 2.98. The lowest BCUT2D eigenvalue weighted by molar-refractivity contribution is 0.682. The fourth-order valence-corrected chi connectivity index (χ4v) is 1.28. The van der Waals surface area contributed by atoms with Crippen molar-refractivity contribution in [2.75, 3.05) is 11.0 Å². The molecule has 1 unspecified atom stereocenters. The summed E-state index contributed by atoms with van der Waals surface area (Å²) in [5.74, 6) is 0. The number of hydrogen-bond donors (Lipinski definition) is 3. The van der Waals surface area contributed by atoms with Crippen LogP contribution in [0.3, 0.4) is 0 Å². The molecule has 0 bridgehead atoms. The van der Waals surface area contributed by atoms with Gasteiger partial charge in [0.1, 0.15) is 9.92 Å². The third-order valence-electron chi connectivity index (χ3n) is 1.10. The summed E-state index contributed by atoms with van der Waals surface area (Å²) in [6, 6.07) is 2.77. The third kappa shape index (κ3) is 2.75. The van der Waals surface area contributed by atoms with Crippen molar-refractivity contribution in [2.45, 2.75) is 0 Å². The molecule has 0 aliphatic rings. The maximum absolute atomic E-state index is 10.9. The van der Waals surface area contributed by atoms with Crippen LogP contribution in [0.5, 0.6) is 0 Å².